The Labute approximate surface area is 109 Å². The molecule has 0 spiro atoms. The average Bonchev–Trinajstić information content (AvgIpc) is 2.46. The second-order valence-electron chi connectivity index (χ2n) is 3.79. The molecule has 0 unspecified atom stereocenters. The van der Waals surface area contributed by atoms with E-state index in [4.69, 9.17) is 9.84 Å². The molecule has 0 aliphatic heterocycles. The van der Waals surface area contributed by atoms with Crippen molar-refractivity contribution in [2.45, 2.75) is 6.61 Å². The number of aromatic nitrogens is 1. The summed E-state index contributed by atoms with van der Waals surface area (Å²) in [6, 6.07) is 10.5. The highest BCUT2D eigenvalue weighted by molar-refractivity contribution is 6.02. The third-order valence-corrected chi connectivity index (χ3v) is 2.48. The summed E-state index contributed by atoms with van der Waals surface area (Å²) in [5.41, 5.74) is 0.667. The van der Waals surface area contributed by atoms with Crippen LogP contribution in [0, 0.1) is 0 Å². The van der Waals surface area contributed by atoms with E-state index in [1.807, 2.05) is 30.3 Å². The van der Waals surface area contributed by atoms with Crippen LogP contribution in [0.25, 0.3) is 0 Å². The monoisotopic (exact) mass is 257 g/mol. The number of nitrogens with zero attached hydrogens (tertiary/aromatic N) is 1. The van der Waals surface area contributed by atoms with Gasteiger partial charge in [-0.25, -0.2) is 9.59 Å². The Hall–Kier alpha value is -2.69. The van der Waals surface area contributed by atoms with Gasteiger partial charge < -0.3 is 9.84 Å². The van der Waals surface area contributed by atoms with Crippen LogP contribution in [0.5, 0.6) is 0 Å². The molecule has 1 aromatic carbocycles. The molecule has 2 rings (SSSR count). The molecule has 0 aliphatic rings. The van der Waals surface area contributed by atoms with Crippen LogP contribution in [0.1, 0.15) is 26.3 Å². The lowest BCUT2D eigenvalue weighted by Crippen LogP contribution is -2.12. The van der Waals surface area contributed by atoms with Gasteiger partial charge in [-0.2, -0.15) is 0 Å². The zero-order valence-corrected chi connectivity index (χ0v) is 9.95. The number of carboxylic acids is 1. The van der Waals surface area contributed by atoms with Gasteiger partial charge in [0.05, 0.1) is 11.1 Å². The van der Waals surface area contributed by atoms with Gasteiger partial charge >= 0.3 is 11.9 Å². The van der Waals surface area contributed by atoms with Gasteiger partial charge in [0.2, 0.25) is 0 Å². The molecule has 5 nitrogen and oxygen atoms in total. The van der Waals surface area contributed by atoms with Gasteiger partial charge in [0, 0.05) is 12.4 Å². The van der Waals surface area contributed by atoms with Crippen LogP contribution in [-0.2, 0) is 11.3 Å². The van der Waals surface area contributed by atoms with Crippen molar-refractivity contribution in [3.05, 3.63) is 65.5 Å². The molecule has 0 saturated heterocycles. The van der Waals surface area contributed by atoms with Gasteiger partial charge in [-0.1, -0.05) is 30.3 Å². The summed E-state index contributed by atoms with van der Waals surface area (Å²) in [7, 11) is 0. The summed E-state index contributed by atoms with van der Waals surface area (Å²) < 4.78 is 5.07. The highest BCUT2D eigenvalue weighted by atomic mass is 16.5. The van der Waals surface area contributed by atoms with Gasteiger partial charge in [-0.05, 0) is 11.6 Å². The van der Waals surface area contributed by atoms with Gasteiger partial charge in [-0.15, -0.1) is 0 Å². The Morgan fingerprint density at radius 2 is 1.84 bits per heavy atom. The largest absolute Gasteiger partial charge is 0.478 e. The quantitative estimate of drug-likeness (QED) is 0.849. The van der Waals surface area contributed by atoms with Gasteiger partial charge in [-0.3, -0.25) is 4.98 Å². The van der Waals surface area contributed by atoms with E-state index in [0.29, 0.717) is 0 Å². The first kappa shape index (κ1) is 12.8. The third-order valence-electron chi connectivity index (χ3n) is 2.48. The highest BCUT2D eigenvalue weighted by Crippen LogP contribution is 2.10. The number of aromatic carboxylic acids is 1. The molecule has 0 aliphatic carbocycles. The molecule has 0 amide bonds. The van der Waals surface area contributed by atoms with E-state index < -0.39 is 11.9 Å². The minimum Gasteiger partial charge on any atom is -0.478 e. The van der Waals surface area contributed by atoms with E-state index in [1.165, 1.54) is 12.3 Å². The average molecular weight is 257 g/mol. The maximum absolute atomic E-state index is 11.8. The smallest absolute Gasteiger partial charge is 0.339 e. The standard InChI is InChI=1S/C14H11NO4/c16-13(17)12-8-15-7-6-11(12)14(18)19-9-10-4-2-1-3-5-10/h1-8H,9H2,(H,16,17). The van der Waals surface area contributed by atoms with E-state index in [-0.39, 0.29) is 17.7 Å². The molecule has 2 aromatic rings. The maximum Gasteiger partial charge on any atom is 0.339 e. The van der Waals surface area contributed by atoms with Crippen molar-refractivity contribution >= 4 is 11.9 Å². The molecule has 0 bridgehead atoms. The first-order valence-corrected chi connectivity index (χ1v) is 5.57. The van der Waals surface area contributed by atoms with Crippen molar-refractivity contribution < 1.29 is 19.4 Å². The fourth-order valence-electron chi connectivity index (χ4n) is 1.54. The number of rotatable bonds is 4. The van der Waals surface area contributed by atoms with Crippen LogP contribution < -0.4 is 0 Å². The number of hydrogen-bond acceptors (Lipinski definition) is 4. The number of benzene rings is 1. The van der Waals surface area contributed by atoms with Crippen LogP contribution in [-0.4, -0.2) is 22.0 Å². The summed E-state index contributed by atoms with van der Waals surface area (Å²) in [6.07, 6.45) is 2.48. The predicted molar refractivity (Wildman–Crippen MR) is 66.8 cm³/mol. The van der Waals surface area contributed by atoms with Crippen molar-refractivity contribution in [1.82, 2.24) is 4.98 Å². The van der Waals surface area contributed by atoms with Crippen molar-refractivity contribution in [1.29, 1.82) is 0 Å². The van der Waals surface area contributed by atoms with Crippen molar-refractivity contribution in [2.75, 3.05) is 0 Å². The number of carboxylic acid groups (broad SMARTS) is 1. The molecule has 0 radical (unpaired) electrons. The van der Waals surface area contributed by atoms with E-state index >= 15 is 0 Å². The molecule has 0 fully saturated rings. The van der Waals surface area contributed by atoms with E-state index in [1.54, 1.807) is 0 Å². The molecule has 5 heteroatoms. The predicted octanol–water partition coefficient (Wildman–Crippen LogP) is 2.14. The molecule has 96 valence electrons. The SMILES string of the molecule is O=C(O)c1cnccc1C(=O)OCc1ccccc1. The topological polar surface area (TPSA) is 76.5 Å². The summed E-state index contributed by atoms with van der Waals surface area (Å²) in [4.78, 5) is 26.5. The normalized spacial score (nSPS) is 9.89. The number of carbonyl (C=O) groups excluding carboxylic acids is 1. The van der Waals surface area contributed by atoms with Crippen LogP contribution in [0.15, 0.2) is 48.8 Å². The summed E-state index contributed by atoms with van der Waals surface area (Å²) in [5.74, 6) is -1.89. The Bertz CT molecular complexity index is 595. The Kier molecular flexibility index (Phi) is 3.87. The zero-order chi connectivity index (χ0) is 13.7. The Balaban J connectivity index is 2.10. The first-order valence-electron chi connectivity index (χ1n) is 5.57. The second kappa shape index (κ2) is 5.77. The minimum atomic E-state index is -1.21. The third kappa shape index (κ3) is 3.16. The zero-order valence-electron chi connectivity index (χ0n) is 9.95. The molecule has 0 saturated carbocycles. The lowest BCUT2D eigenvalue weighted by molar-refractivity contribution is 0.0463. The lowest BCUT2D eigenvalue weighted by Gasteiger charge is -2.06. The van der Waals surface area contributed by atoms with Crippen LogP contribution in [0.2, 0.25) is 0 Å². The number of hydrogen-bond donors (Lipinski definition) is 1. The highest BCUT2D eigenvalue weighted by Gasteiger charge is 2.17. The number of ether oxygens (including phenoxy) is 1. The Morgan fingerprint density at radius 1 is 1.11 bits per heavy atom. The summed E-state index contributed by atoms with van der Waals surface area (Å²) in [5, 5.41) is 8.95. The maximum atomic E-state index is 11.8. The van der Waals surface area contributed by atoms with E-state index in [2.05, 4.69) is 4.98 Å². The molecule has 0 atom stereocenters. The van der Waals surface area contributed by atoms with Crippen molar-refractivity contribution in [3.8, 4) is 0 Å². The first-order chi connectivity index (χ1) is 9.18. The minimum absolute atomic E-state index is 0.00145. The van der Waals surface area contributed by atoms with Crippen LogP contribution in [0.3, 0.4) is 0 Å². The molecule has 1 aromatic heterocycles. The van der Waals surface area contributed by atoms with Gasteiger partial charge in [0.1, 0.15) is 6.61 Å². The summed E-state index contributed by atoms with van der Waals surface area (Å²) >= 11 is 0. The van der Waals surface area contributed by atoms with Crippen molar-refractivity contribution in [3.63, 3.8) is 0 Å². The van der Waals surface area contributed by atoms with Crippen LogP contribution >= 0.6 is 0 Å². The number of esters is 1. The lowest BCUT2D eigenvalue weighted by atomic mass is 10.1. The van der Waals surface area contributed by atoms with Gasteiger partial charge in [0.15, 0.2) is 0 Å². The molecule has 1 heterocycles. The Morgan fingerprint density at radius 3 is 2.53 bits per heavy atom. The van der Waals surface area contributed by atoms with Crippen molar-refractivity contribution in [2.24, 2.45) is 0 Å². The van der Waals surface area contributed by atoms with E-state index in [9.17, 15) is 9.59 Å². The molecule has 19 heavy (non-hydrogen) atoms. The fourth-order valence-corrected chi connectivity index (χ4v) is 1.54. The van der Waals surface area contributed by atoms with Gasteiger partial charge in [0.25, 0.3) is 0 Å². The van der Waals surface area contributed by atoms with E-state index in [0.717, 1.165) is 11.8 Å². The van der Waals surface area contributed by atoms with Crippen LogP contribution in [0.4, 0.5) is 0 Å². The molecular weight excluding hydrogens is 246 g/mol. The number of pyridine rings is 1. The second-order valence-corrected chi connectivity index (χ2v) is 3.79. The summed E-state index contributed by atoms with van der Waals surface area (Å²) in [6.45, 7) is 0.0983. The number of carbonyl (C=O) groups is 2. The molecular formula is C14H11NO4. The molecule has 1 N–H and O–H groups in total. The fraction of sp³-hybridized carbons (Fsp3) is 0.0714.